The molecule has 3 aliphatic rings. The van der Waals surface area contributed by atoms with Gasteiger partial charge in [-0.2, -0.15) is 0 Å². The number of aromatic nitrogens is 3. The summed E-state index contributed by atoms with van der Waals surface area (Å²) in [5.41, 5.74) is -0.357. The monoisotopic (exact) mass is 535 g/mol. The van der Waals surface area contributed by atoms with Gasteiger partial charge in [-0.05, 0) is 30.4 Å². The summed E-state index contributed by atoms with van der Waals surface area (Å²) < 4.78 is 42.5. The molecule has 0 N–H and O–H groups in total. The lowest BCUT2D eigenvalue weighted by Crippen LogP contribution is -2.61. The fourth-order valence-corrected chi connectivity index (χ4v) is 6.20. The predicted octanol–water partition coefficient (Wildman–Crippen LogP) is 4.00. The third-order valence-corrected chi connectivity index (χ3v) is 7.93. The molecule has 1 aromatic carbocycles. The second-order valence-electron chi connectivity index (χ2n) is 10.3. The number of Topliss-reactive ketones (excluding diaryl/α,β-unsaturated/α-hetero) is 1. The van der Waals surface area contributed by atoms with Crippen LogP contribution < -0.4 is 9.80 Å². The minimum atomic E-state index is -2.96. The first-order valence-electron chi connectivity index (χ1n) is 12.7. The van der Waals surface area contributed by atoms with Gasteiger partial charge in [0.15, 0.2) is 11.6 Å². The molecule has 2 atom stereocenters. The van der Waals surface area contributed by atoms with Crippen molar-refractivity contribution >= 4 is 29.1 Å². The van der Waals surface area contributed by atoms with Crippen LogP contribution in [0.1, 0.15) is 43.2 Å². The molecule has 1 saturated heterocycles. The van der Waals surface area contributed by atoms with Gasteiger partial charge in [-0.1, -0.05) is 24.3 Å². The van der Waals surface area contributed by atoms with E-state index in [1.165, 1.54) is 34.6 Å². The van der Waals surface area contributed by atoms with Crippen LogP contribution in [0.15, 0.2) is 61.3 Å². The highest BCUT2D eigenvalue weighted by Crippen LogP contribution is 2.52. The number of nitrogens with zero attached hydrogens (tertiary/aromatic N) is 5. The number of carbonyl (C=O) groups is 3. The molecule has 0 radical (unpaired) electrons. The first-order chi connectivity index (χ1) is 18.7. The number of ketones is 1. The molecule has 2 fully saturated rings. The van der Waals surface area contributed by atoms with Crippen LogP contribution in [0.4, 0.5) is 24.7 Å². The number of hydrogen-bond acceptors (Lipinski definition) is 6. The summed E-state index contributed by atoms with van der Waals surface area (Å²) in [7, 11) is 0. The number of halogens is 3. The molecule has 0 unspecified atom stereocenters. The fraction of sp³-hybridized carbons (Fsp3) is 0.357. The van der Waals surface area contributed by atoms with Crippen LogP contribution in [0, 0.1) is 11.7 Å². The van der Waals surface area contributed by atoms with Crippen molar-refractivity contribution in [1.29, 1.82) is 0 Å². The molecule has 0 bridgehead atoms. The van der Waals surface area contributed by atoms with Crippen molar-refractivity contribution in [3.63, 3.8) is 0 Å². The molecule has 11 heteroatoms. The standard InChI is InChI=1S/C28H24F3N5O3/c29-19-11-20(15-33-14-19)36(26(39)22-5-6-24(37)35(22)23-16-32-9-10-34-23)28(25(38)18-12-27(30,31)13-18)8-7-17-3-1-2-4-21(17)28/h1-4,9-11,14-16,18,22H,5-8,12-13H2/t22-,28-/m0/s1. The Labute approximate surface area is 221 Å². The van der Waals surface area contributed by atoms with Crippen molar-refractivity contribution in [2.24, 2.45) is 5.92 Å². The average molecular weight is 536 g/mol. The van der Waals surface area contributed by atoms with Gasteiger partial charge in [0.25, 0.3) is 5.91 Å². The third-order valence-electron chi connectivity index (χ3n) is 7.93. The van der Waals surface area contributed by atoms with Crippen LogP contribution in [0.2, 0.25) is 0 Å². The second kappa shape index (κ2) is 9.25. The van der Waals surface area contributed by atoms with Crippen molar-refractivity contribution in [2.75, 3.05) is 9.80 Å². The molecular formula is C28H24F3N5O3. The first-order valence-corrected chi connectivity index (χ1v) is 12.7. The molecular weight excluding hydrogens is 511 g/mol. The van der Waals surface area contributed by atoms with E-state index in [-0.39, 0.29) is 36.7 Å². The van der Waals surface area contributed by atoms with Crippen molar-refractivity contribution in [3.8, 4) is 0 Å². The summed E-state index contributed by atoms with van der Waals surface area (Å²) in [4.78, 5) is 56.4. The molecule has 2 aliphatic carbocycles. The highest BCUT2D eigenvalue weighted by Gasteiger charge is 2.60. The summed E-state index contributed by atoms with van der Waals surface area (Å²) in [5.74, 6) is -6.03. The van der Waals surface area contributed by atoms with Crippen LogP contribution in [0.5, 0.6) is 0 Å². The fourth-order valence-electron chi connectivity index (χ4n) is 6.20. The molecule has 2 aromatic heterocycles. The summed E-state index contributed by atoms with van der Waals surface area (Å²) in [6, 6.07) is 7.09. The number of hydrogen-bond donors (Lipinski definition) is 0. The third kappa shape index (κ3) is 4.07. The first kappa shape index (κ1) is 25.1. The average Bonchev–Trinajstić information content (AvgIpc) is 3.49. The van der Waals surface area contributed by atoms with Gasteiger partial charge in [0.05, 0.1) is 24.3 Å². The highest BCUT2D eigenvalue weighted by atomic mass is 19.3. The van der Waals surface area contributed by atoms with E-state index in [2.05, 4.69) is 15.0 Å². The van der Waals surface area contributed by atoms with Crippen LogP contribution in [-0.2, 0) is 26.3 Å². The normalized spacial score (nSPS) is 23.8. The summed E-state index contributed by atoms with van der Waals surface area (Å²) in [6.07, 6.45) is 5.91. The Morgan fingerprint density at radius 3 is 2.54 bits per heavy atom. The molecule has 0 spiro atoms. The lowest BCUT2D eigenvalue weighted by molar-refractivity contribution is -0.154. The lowest BCUT2D eigenvalue weighted by atomic mass is 9.69. The Morgan fingerprint density at radius 2 is 1.82 bits per heavy atom. The largest absolute Gasteiger partial charge is 0.296 e. The maximum Gasteiger partial charge on any atom is 0.251 e. The van der Waals surface area contributed by atoms with Crippen molar-refractivity contribution in [3.05, 3.63) is 78.3 Å². The number of fused-ring (bicyclic) bond motifs is 1. The molecule has 2 amide bonds. The number of alkyl halides is 2. The Balaban J connectivity index is 1.52. The van der Waals surface area contributed by atoms with Gasteiger partial charge in [-0.25, -0.2) is 18.2 Å². The zero-order valence-corrected chi connectivity index (χ0v) is 20.8. The van der Waals surface area contributed by atoms with Crippen molar-refractivity contribution in [2.45, 2.75) is 56.0 Å². The molecule has 39 heavy (non-hydrogen) atoms. The number of carbonyl (C=O) groups excluding carboxylic acids is 3. The quantitative estimate of drug-likeness (QED) is 0.474. The minimum Gasteiger partial charge on any atom is -0.296 e. The molecule has 1 aliphatic heterocycles. The van der Waals surface area contributed by atoms with Gasteiger partial charge in [-0.15, -0.1) is 0 Å². The van der Waals surface area contributed by atoms with E-state index in [1.54, 1.807) is 18.2 Å². The zero-order valence-electron chi connectivity index (χ0n) is 20.8. The van der Waals surface area contributed by atoms with E-state index in [1.807, 2.05) is 6.07 Å². The smallest absolute Gasteiger partial charge is 0.251 e. The minimum absolute atomic E-state index is 0.00887. The van der Waals surface area contributed by atoms with E-state index in [0.717, 1.165) is 17.8 Å². The van der Waals surface area contributed by atoms with Gasteiger partial charge in [0.1, 0.15) is 17.4 Å². The second-order valence-corrected chi connectivity index (χ2v) is 10.3. The highest BCUT2D eigenvalue weighted by molar-refractivity contribution is 6.12. The van der Waals surface area contributed by atoms with Crippen molar-refractivity contribution < 1.29 is 27.6 Å². The summed E-state index contributed by atoms with van der Waals surface area (Å²) in [6.45, 7) is 0. The molecule has 3 aromatic rings. The SMILES string of the molecule is O=C1CC[C@@H](C(=O)N(c2cncc(F)c2)[C@@]2(C(=O)C3CC(F)(F)C3)CCc3ccccc32)N1c1cnccn1. The number of anilines is 2. The van der Waals surface area contributed by atoms with Gasteiger partial charge in [0.2, 0.25) is 11.8 Å². The van der Waals surface area contributed by atoms with E-state index in [4.69, 9.17) is 0 Å². The summed E-state index contributed by atoms with van der Waals surface area (Å²) in [5, 5.41) is 0. The topological polar surface area (TPSA) is 96.4 Å². The van der Waals surface area contributed by atoms with Crippen LogP contribution >= 0.6 is 0 Å². The predicted molar refractivity (Wildman–Crippen MR) is 133 cm³/mol. The molecule has 1 saturated carbocycles. The zero-order chi connectivity index (χ0) is 27.4. The number of rotatable bonds is 6. The van der Waals surface area contributed by atoms with E-state index in [9.17, 15) is 27.6 Å². The van der Waals surface area contributed by atoms with Gasteiger partial charge in [-0.3, -0.25) is 34.2 Å². The summed E-state index contributed by atoms with van der Waals surface area (Å²) >= 11 is 0. The lowest BCUT2D eigenvalue weighted by Gasteiger charge is -2.46. The van der Waals surface area contributed by atoms with Gasteiger partial charge >= 0.3 is 0 Å². The maximum atomic E-state index is 14.6. The molecule has 8 nitrogen and oxygen atoms in total. The molecule has 3 heterocycles. The number of amides is 2. The number of aryl methyl sites for hydroxylation is 1. The van der Waals surface area contributed by atoms with Crippen molar-refractivity contribution in [1.82, 2.24) is 15.0 Å². The van der Waals surface area contributed by atoms with Gasteiger partial charge < -0.3 is 0 Å². The van der Waals surface area contributed by atoms with E-state index < -0.39 is 53.8 Å². The van der Waals surface area contributed by atoms with E-state index >= 15 is 0 Å². The Bertz CT molecular complexity index is 1460. The maximum absolute atomic E-state index is 14.6. The van der Waals surface area contributed by atoms with E-state index in [0.29, 0.717) is 12.0 Å². The van der Waals surface area contributed by atoms with Gasteiger partial charge in [0, 0.05) is 43.6 Å². The Morgan fingerprint density at radius 1 is 1.03 bits per heavy atom. The van der Waals surface area contributed by atoms with Crippen LogP contribution in [-0.4, -0.2) is 44.5 Å². The van der Waals surface area contributed by atoms with Crippen LogP contribution in [0.25, 0.3) is 0 Å². The number of benzene rings is 1. The molecule has 6 rings (SSSR count). The molecule has 200 valence electrons. The number of pyridine rings is 1. The Kier molecular flexibility index (Phi) is 5.96. The van der Waals surface area contributed by atoms with Crippen LogP contribution in [0.3, 0.4) is 0 Å². The Hall–Kier alpha value is -4.15.